The highest BCUT2D eigenvalue weighted by atomic mass is 16.5. The Bertz CT molecular complexity index is 391. The number of methoxy groups -OCH3 is 1. The number of nitrogens with one attached hydrogen (secondary N) is 2. The van der Waals surface area contributed by atoms with Crippen LogP contribution in [0.4, 0.5) is 0 Å². The van der Waals surface area contributed by atoms with Gasteiger partial charge in [-0.05, 0) is 25.7 Å². The van der Waals surface area contributed by atoms with Crippen molar-refractivity contribution in [2.75, 3.05) is 20.2 Å². The third-order valence-corrected chi connectivity index (χ3v) is 5.61. The molecule has 22 heavy (non-hydrogen) atoms. The van der Waals surface area contributed by atoms with Crippen LogP contribution in [-0.4, -0.2) is 44.2 Å². The third kappa shape index (κ3) is 4.22. The van der Waals surface area contributed by atoms with Gasteiger partial charge >= 0.3 is 5.97 Å². The smallest absolute Gasteiger partial charge is 0.309 e. The Morgan fingerprint density at radius 1 is 1.14 bits per heavy atom. The van der Waals surface area contributed by atoms with E-state index in [9.17, 15) is 9.59 Å². The lowest BCUT2D eigenvalue weighted by atomic mass is 9.86. The molecule has 0 unspecified atom stereocenters. The summed E-state index contributed by atoms with van der Waals surface area (Å²) in [4.78, 5) is 25.4. The molecule has 3 atom stereocenters. The maximum atomic E-state index is 12.5. The Hall–Kier alpha value is -1.10. The van der Waals surface area contributed by atoms with Crippen LogP contribution in [0.15, 0.2) is 0 Å². The van der Waals surface area contributed by atoms with Gasteiger partial charge in [-0.25, -0.2) is 0 Å². The molecule has 0 aromatic heterocycles. The molecule has 5 heteroatoms. The number of amides is 1. The minimum Gasteiger partial charge on any atom is -0.469 e. The van der Waals surface area contributed by atoms with E-state index in [1.807, 2.05) is 6.92 Å². The van der Waals surface area contributed by atoms with Crippen LogP contribution in [0, 0.1) is 11.8 Å². The SMILES string of the molecule is COC(=O)C1CC[NH+]([C@H](C)C(=O)N[C@@H]2CCCC[C@@H]2C)CC1. The number of rotatable bonds is 4. The van der Waals surface area contributed by atoms with Gasteiger partial charge in [0.25, 0.3) is 5.91 Å². The molecule has 126 valence electrons. The van der Waals surface area contributed by atoms with Crippen LogP contribution in [0.25, 0.3) is 0 Å². The fourth-order valence-corrected chi connectivity index (χ4v) is 3.85. The molecule has 0 aromatic carbocycles. The summed E-state index contributed by atoms with van der Waals surface area (Å²) in [7, 11) is 1.45. The first kappa shape index (κ1) is 17.3. The first-order valence-corrected chi connectivity index (χ1v) is 8.75. The molecule has 1 heterocycles. The van der Waals surface area contributed by atoms with Crippen molar-refractivity contribution in [2.24, 2.45) is 11.8 Å². The fraction of sp³-hybridized carbons (Fsp3) is 0.882. The predicted molar refractivity (Wildman–Crippen MR) is 84.5 cm³/mol. The lowest BCUT2D eigenvalue weighted by Crippen LogP contribution is -3.17. The van der Waals surface area contributed by atoms with Crippen LogP contribution in [0.5, 0.6) is 0 Å². The second-order valence-electron chi connectivity index (χ2n) is 7.05. The number of hydrogen-bond acceptors (Lipinski definition) is 3. The van der Waals surface area contributed by atoms with Gasteiger partial charge in [0.05, 0.1) is 26.1 Å². The average molecular weight is 311 g/mol. The first-order chi connectivity index (χ1) is 10.5. The number of esters is 1. The molecule has 1 saturated carbocycles. The van der Waals surface area contributed by atoms with Crippen LogP contribution in [0.2, 0.25) is 0 Å². The van der Waals surface area contributed by atoms with Crippen LogP contribution in [0.1, 0.15) is 52.4 Å². The average Bonchev–Trinajstić information content (AvgIpc) is 2.55. The van der Waals surface area contributed by atoms with E-state index in [-0.39, 0.29) is 23.8 Å². The van der Waals surface area contributed by atoms with Gasteiger partial charge in [-0.2, -0.15) is 0 Å². The van der Waals surface area contributed by atoms with Gasteiger partial charge in [0.1, 0.15) is 0 Å². The second kappa shape index (κ2) is 7.95. The lowest BCUT2D eigenvalue weighted by Gasteiger charge is -2.34. The highest BCUT2D eigenvalue weighted by Gasteiger charge is 2.34. The molecule has 2 rings (SSSR count). The van der Waals surface area contributed by atoms with E-state index < -0.39 is 0 Å². The van der Waals surface area contributed by atoms with E-state index in [0.717, 1.165) is 32.4 Å². The molecule has 1 aliphatic carbocycles. The molecular formula is C17H31N2O3+. The van der Waals surface area contributed by atoms with E-state index in [1.54, 1.807) is 0 Å². The van der Waals surface area contributed by atoms with E-state index in [1.165, 1.54) is 31.3 Å². The topological polar surface area (TPSA) is 59.8 Å². The van der Waals surface area contributed by atoms with E-state index in [4.69, 9.17) is 4.74 Å². The summed E-state index contributed by atoms with van der Waals surface area (Å²) in [5, 5.41) is 3.26. The van der Waals surface area contributed by atoms with Crippen molar-refractivity contribution in [3.05, 3.63) is 0 Å². The van der Waals surface area contributed by atoms with Crippen LogP contribution >= 0.6 is 0 Å². The Kier molecular flexibility index (Phi) is 6.24. The summed E-state index contributed by atoms with van der Waals surface area (Å²) in [6.45, 7) is 5.99. The molecular weight excluding hydrogens is 280 g/mol. The first-order valence-electron chi connectivity index (χ1n) is 8.75. The van der Waals surface area contributed by atoms with Crippen molar-refractivity contribution >= 4 is 11.9 Å². The van der Waals surface area contributed by atoms with Crippen LogP contribution in [0.3, 0.4) is 0 Å². The zero-order valence-electron chi connectivity index (χ0n) is 14.2. The number of piperidine rings is 1. The predicted octanol–water partition coefficient (Wildman–Crippen LogP) is 0.538. The van der Waals surface area contributed by atoms with Gasteiger partial charge in [-0.3, -0.25) is 9.59 Å². The largest absolute Gasteiger partial charge is 0.469 e. The van der Waals surface area contributed by atoms with Gasteiger partial charge in [0.15, 0.2) is 6.04 Å². The second-order valence-corrected chi connectivity index (χ2v) is 7.05. The molecule has 1 amide bonds. The van der Waals surface area contributed by atoms with Crippen LogP contribution in [-0.2, 0) is 14.3 Å². The summed E-state index contributed by atoms with van der Waals surface area (Å²) in [5.74, 6) is 0.671. The minimum atomic E-state index is -0.104. The van der Waals surface area contributed by atoms with Crippen molar-refractivity contribution in [3.63, 3.8) is 0 Å². The highest BCUT2D eigenvalue weighted by Crippen LogP contribution is 2.23. The van der Waals surface area contributed by atoms with Gasteiger partial charge < -0.3 is 15.0 Å². The van der Waals surface area contributed by atoms with Crippen molar-refractivity contribution in [1.29, 1.82) is 0 Å². The van der Waals surface area contributed by atoms with Crippen molar-refractivity contribution in [1.82, 2.24) is 5.32 Å². The van der Waals surface area contributed by atoms with Gasteiger partial charge in [0, 0.05) is 18.9 Å². The quantitative estimate of drug-likeness (QED) is 0.745. The number of likely N-dealkylation sites (tertiary alicyclic amines) is 1. The molecule has 2 N–H and O–H groups in total. The van der Waals surface area contributed by atoms with Crippen molar-refractivity contribution in [2.45, 2.75) is 64.5 Å². The molecule has 2 fully saturated rings. The molecule has 0 spiro atoms. The van der Waals surface area contributed by atoms with Crippen molar-refractivity contribution in [3.8, 4) is 0 Å². The number of hydrogen-bond donors (Lipinski definition) is 2. The summed E-state index contributed by atoms with van der Waals surface area (Å²) in [6, 6.07) is 0.309. The molecule has 1 saturated heterocycles. The van der Waals surface area contributed by atoms with Gasteiger partial charge in [-0.1, -0.05) is 19.8 Å². The Balaban J connectivity index is 1.80. The van der Waals surface area contributed by atoms with Gasteiger partial charge in [0.2, 0.25) is 0 Å². The monoisotopic (exact) mass is 311 g/mol. The number of carbonyl (C=O) groups is 2. The maximum absolute atomic E-state index is 12.5. The molecule has 5 nitrogen and oxygen atoms in total. The summed E-state index contributed by atoms with van der Waals surface area (Å²) in [5.41, 5.74) is 0. The van der Waals surface area contributed by atoms with E-state index in [2.05, 4.69) is 12.2 Å². The molecule has 0 aromatic rings. The molecule has 2 aliphatic rings. The summed E-state index contributed by atoms with van der Waals surface area (Å²) >= 11 is 0. The van der Waals surface area contributed by atoms with Crippen LogP contribution < -0.4 is 10.2 Å². The Labute approximate surface area is 133 Å². The number of carbonyl (C=O) groups excluding carboxylic acids is 2. The molecule has 1 aliphatic heterocycles. The number of quaternary nitrogens is 1. The maximum Gasteiger partial charge on any atom is 0.309 e. The molecule has 0 bridgehead atoms. The normalized spacial score (nSPS) is 33.8. The Morgan fingerprint density at radius 3 is 2.36 bits per heavy atom. The standard InChI is InChI=1S/C17H30N2O3/c1-12-6-4-5-7-15(12)18-16(20)13(2)19-10-8-14(9-11-19)17(21)22-3/h12-15H,4-11H2,1-3H3,(H,18,20)/p+1/t12-,13+,15+/m0/s1. The lowest BCUT2D eigenvalue weighted by molar-refractivity contribution is -0.919. The fourth-order valence-electron chi connectivity index (χ4n) is 3.85. The molecule has 0 radical (unpaired) electrons. The van der Waals surface area contributed by atoms with E-state index in [0.29, 0.717) is 12.0 Å². The Morgan fingerprint density at radius 2 is 1.77 bits per heavy atom. The highest BCUT2D eigenvalue weighted by molar-refractivity contribution is 5.80. The minimum absolute atomic E-state index is 0.0161. The zero-order valence-corrected chi connectivity index (χ0v) is 14.2. The van der Waals surface area contributed by atoms with Crippen molar-refractivity contribution < 1.29 is 19.2 Å². The zero-order chi connectivity index (χ0) is 16.1. The number of ether oxygens (including phenoxy) is 1. The summed E-state index contributed by atoms with van der Waals surface area (Å²) < 4.78 is 4.82. The van der Waals surface area contributed by atoms with Gasteiger partial charge in [-0.15, -0.1) is 0 Å². The van der Waals surface area contributed by atoms with E-state index >= 15 is 0 Å². The third-order valence-electron chi connectivity index (χ3n) is 5.61. The summed E-state index contributed by atoms with van der Waals surface area (Å²) in [6.07, 6.45) is 6.48.